The van der Waals surface area contributed by atoms with Crippen molar-refractivity contribution in [2.45, 2.75) is 19.4 Å². The SMILES string of the molecule is CCNC(=NCc1ccc(OC)cc1)NCC(C(=O)N1CCOCC1)c1ccccc1. The van der Waals surface area contributed by atoms with Crippen LogP contribution in [-0.4, -0.2) is 63.3 Å². The number of guanidine groups is 1. The minimum atomic E-state index is -0.288. The Labute approximate surface area is 184 Å². The molecule has 1 aliphatic rings. The number of ether oxygens (including phenoxy) is 2. The van der Waals surface area contributed by atoms with Crippen molar-refractivity contribution in [3.05, 3.63) is 65.7 Å². The second-order valence-corrected chi connectivity index (χ2v) is 7.33. The summed E-state index contributed by atoms with van der Waals surface area (Å²) in [5.74, 6) is 1.34. The van der Waals surface area contributed by atoms with E-state index in [0.29, 0.717) is 45.4 Å². The molecule has 0 aromatic heterocycles. The quantitative estimate of drug-likeness (QED) is 0.503. The van der Waals surface area contributed by atoms with E-state index < -0.39 is 0 Å². The molecule has 2 N–H and O–H groups in total. The lowest BCUT2D eigenvalue weighted by atomic mass is 9.97. The van der Waals surface area contributed by atoms with Gasteiger partial charge in [0.25, 0.3) is 0 Å². The van der Waals surface area contributed by atoms with Gasteiger partial charge in [0, 0.05) is 26.2 Å². The van der Waals surface area contributed by atoms with Crippen LogP contribution in [0.25, 0.3) is 0 Å². The molecule has 31 heavy (non-hydrogen) atoms. The summed E-state index contributed by atoms with van der Waals surface area (Å²) in [5, 5.41) is 6.64. The molecule has 1 atom stereocenters. The van der Waals surface area contributed by atoms with Crippen LogP contribution in [0.1, 0.15) is 24.0 Å². The van der Waals surface area contributed by atoms with Crippen LogP contribution in [0.2, 0.25) is 0 Å². The number of rotatable bonds is 8. The van der Waals surface area contributed by atoms with E-state index in [0.717, 1.165) is 23.4 Å². The van der Waals surface area contributed by atoms with Gasteiger partial charge in [-0.25, -0.2) is 4.99 Å². The zero-order chi connectivity index (χ0) is 21.9. The van der Waals surface area contributed by atoms with Crippen molar-refractivity contribution in [1.29, 1.82) is 0 Å². The Balaban J connectivity index is 1.69. The van der Waals surface area contributed by atoms with Crippen molar-refractivity contribution in [1.82, 2.24) is 15.5 Å². The number of hydrogen-bond acceptors (Lipinski definition) is 4. The number of hydrogen-bond donors (Lipinski definition) is 2. The summed E-state index contributed by atoms with van der Waals surface area (Å²) in [6.45, 7) is 6.21. The molecule has 0 saturated carbocycles. The minimum Gasteiger partial charge on any atom is -0.497 e. The van der Waals surface area contributed by atoms with Gasteiger partial charge in [0.05, 0.1) is 32.8 Å². The molecule has 1 saturated heterocycles. The molecule has 1 heterocycles. The summed E-state index contributed by atoms with van der Waals surface area (Å²) >= 11 is 0. The van der Waals surface area contributed by atoms with E-state index in [1.54, 1.807) is 7.11 Å². The summed E-state index contributed by atoms with van der Waals surface area (Å²) < 4.78 is 10.6. The highest BCUT2D eigenvalue weighted by molar-refractivity contribution is 5.86. The summed E-state index contributed by atoms with van der Waals surface area (Å²) in [5.41, 5.74) is 2.08. The number of morpholine rings is 1. The third kappa shape index (κ3) is 6.72. The maximum absolute atomic E-state index is 13.3. The maximum Gasteiger partial charge on any atom is 0.232 e. The van der Waals surface area contributed by atoms with E-state index in [-0.39, 0.29) is 11.8 Å². The van der Waals surface area contributed by atoms with Crippen LogP contribution in [0.3, 0.4) is 0 Å². The lowest BCUT2D eigenvalue weighted by Gasteiger charge is -2.31. The molecular weight excluding hydrogens is 392 g/mol. The molecule has 1 amide bonds. The fraction of sp³-hybridized carbons (Fsp3) is 0.417. The highest BCUT2D eigenvalue weighted by Gasteiger charge is 2.27. The van der Waals surface area contributed by atoms with Crippen LogP contribution < -0.4 is 15.4 Å². The first-order chi connectivity index (χ1) is 15.2. The third-order valence-corrected chi connectivity index (χ3v) is 5.22. The molecule has 166 valence electrons. The summed E-state index contributed by atoms with van der Waals surface area (Å²) in [4.78, 5) is 19.8. The zero-order valence-corrected chi connectivity index (χ0v) is 18.3. The normalized spacial score (nSPS) is 15.3. The second kappa shape index (κ2) is 12.0. The van der Waals surface area contributed by atoms with Gasteiger partial charge >= 0.3 is 0 Å². The predicted molar refractivity (Wildman–Crippen MR) is 122 cm³/mol. The first-order valence-electron chi connectivity index (χ1n) is 10.8. The molecule has 7 heteroatoms. The number of amides is 1. The average Bonchev–Trinajstić information content (AvgIpc) is 2.84. The Bertz CT molecular complexity index is 834. The third-order valence-electron chi connectivity index (χ3n) is 5.22. The molecule has 0 bridgehead atoms. The largest absolute Gasteiger partial charge is 0.497 e. The number of carbonyl (C=O) groups excluding carboxylic acids is 1. The van der Waals surface area contributed by atoms with Gasteiger partial charge in [-0.05, 0) is 30.2 Å². The Morgan fingerprint density at radius 1 is 1.10 bits per heavy atom. The topological polar surface area (TPSA) is 75.2 Å². The van der Waals surface area contributed by atoms with Crippen LogP contribution >= 0.6 is 0 Å². The Hall–Kier alpha value is -3.06. The molecule has 1 fully saturated rings. The number of carbonyl (C=O) groups is 1. The summed E-state index contributed by atoms with van der Waals surface area (Å²) in [7, 11) is 1.65. The predicted octanol–water partition coefficient (Wildman–Crippen LogP) is 2.39. The van der Waals surface area contributed by atoms with Crippen molar-refractivity contribution in [2.24, 2.45) is 4.99 Å². The van der Waals surface area contributed by atoms with Crippen molar-refractivity contribution in [2.75, 3.05) is 46.5 Å². The molecule has 7 nitrogen and oxygen atoms in total. The van der Waals surface area contributed by atoms with E-state index >= 15 is 0 Å². The van der Waals surface area contributed by atoms with E-state index in [1.807, 2.05) is 66.4 Å². The second-order valence-electron chi connectivity index (χ2n) is 7.33. The van der Waals surface area contributed by atoms with Crippen LogP contribution in [0.4, 0.5) is 0 Å². The van der Waals surface area contributed by atoms with Gasteiger partial charge in [0.15, 0.2) is 5.96 Å². The van der Waals surface area contributed by atoms with E-state index in [1.165, 1.54) is 0 Å². The molecule has 2 aromatic rings. The standard InChI is InChI=1S/C24H32N4O3/c1-3-25-24(26-17-19-9-11-21(30-2)12-10-19)27-18-22(20-7-5-4-6-8-20)23(29)28-13-15-31-16-14-28/h4-12,22H,3,13-18H2,1-2H3,(H2,25,26,27). The molecule has 2 aromatic carbocycles. The number of aliphatic imine (C=N–C) groups is 1. The van der Waals surface area contributed by atoms with Crippen LogP contribution in [0.5, 0.6) is 5.75 Å². The first kappa shape index (κ1) is 22.6. The smallest absolute Gasteiger partial charge is 0.232 e. The van der Waals surface area contributed by atoms with Gasteiger partial charge in [-0.2, -0.15) is 0 Å². The highest BCUT2D eigenvalue weighted by Crippen LogP contribution is 2.19. The molecule has 3 rings (SSSR count). The van der Waals surface area contributed by atoms with E-state index in [2.05, 4.69) is 15.6 Å². The number of benzene rings is 2. The fourth-order valence-corrected chi connectivity index (χ4v) is 3.48. The first-order valence-corrected chi connectivity index (χ1v) is 10.8. The summed E-state index contributed by atoms with van der Waals surface area (Å²) in [6, 6.07) is 17.8. The van der Waals surface area contributed by atoms with Gasteiger partial charge in [0.2, 0.25) is 5.91 Å². The number of nitrogens with zero attached hydrogens (tertiary/aromatic N) is 2. The van der Waals surface area contributed by atoms with Crippen molar-refractivity contribution in [3.63, 3.8) is 0 Å². The maximum atomic E-state index is 13.3. The molecule has 0 radical (unpaired) electrons. The summed E-state index contributed by atoms with van der Waals surface area (Å²) in [6.07, 6.45) is 0. The van der Waals surface area contributed by atoms with E-state index in [4.69, 9.17) is 9.47 Å². The van der Waals surface area contributed by atoms with Crippen LogP contribution in [-0.2, 0) is 16.1 Å². The fourth-order valence-electron chi connectivity index (χ4n) is 3.48. The average molecular weight is 425 g/mol. The minimum absolute atomic E-state index is 0.119. The van der Waals surface area contributed by atoms with Crippen molar-refractivity contribution < 1.29 is 14.3 Å². The lowest BCUT2D eigenvalue weighted by Crippen LogP contribution is -2.47. The van der Waals surface area contributed by atoms with Crippen LogP contribution in [0, 0.1) is 0 Å². The molecule has 1 aliphatic heterocycles. The highest BCUT2D eigenvalue weighted by atomic mass is 16.5. The number of nitrogens with one attached hydrogen (secondary N) is 2. The monoisotopic (exact) mass is 424 g/mol. The molecule has 0 aliphatic carbocycles. The molecule has 1 unspecified atom stereocenters. The van der Waals surface area contributed by atoms with Gasteiger partial charge < -0.3 is 25.0 Å². The zero-order valence-electron chi connectivity index (χ0n) is 18.3. The van der Waals surface area contributed by atoms with Crippen LogP contribution in [0.15, 0.2) is 59.6 Å². The lowest BCUT2D eigenvalue weighted by molar-refractivity contribution is -0.136. The number of methoxy groups -OCH3 is 1. The van der Waals surface area contributed by atoms with Gasteiger partial charge in [-0.3, -0.25) is 4.79 Å². The molecule has 0 spiro atoms. The van der Waals surface area contributed by atoms with Crippen molar-refractivity contribution in [3.8, 4) is 5.75 Å². The Morgan fingerprint density at radius 2 is 1.81 bits per heavy atom. The Morgan fingerprint density at radius 3 is 2.45 bits per heavy atom. The Kier molecular flexibility index (Phi) is 8.72. The van der Waals surface area contributed by atoms with Crippen molar-refractivity contribution >= 4 is 11.9 Å². The van der Waals surface area contributed by atoms with Gasteiger partial charge in [0.1, 0.15) is 5.75 Å². The van der Waals surface area contributed by atoms with Gasteiger partial charge in [-0.1, -0.05) is 42.5 Å². The van der Waals surface area contributed by atoms with E-state index in [9.17, 15) is 4.79 Å². The van der Waals surface area contributed by atoms with Gasteiger partial charge in [-0.15, -0.1) is 0 Å². The molecular formula is C24H32N4O3.